The number of non-ortho nitro benzene ring substituents is 1. The molecule has 0 radical (unpaired) electrons. The highest BCUT2D eigenvalue weighted by Gasteiger charge is 2.27. The summed E-state index contributed by atoms with van der Waals surface area (Å²) in [6, 6.07) is 8.20. The highest BCUT2D eigenvalue weighted by Crippen LogP contribution is 2.26. The Balaban J connectivity index is 1.90. The molecule has 2 heterocycles. The third-order valence-electron chi connectivity index (χ3n) is 3.78. The predicted molar refractivity (Wildman–Crippen MR) is 77.9 cm³/mol. The summed E-state index contributed by atoms with van der Waals surface area (Å²) in [6.45, 7) is 1.31. The van der Waals surface area contributed by atoms with Crippen molar-refractivity contribution in [2.24, 2.45) is 11.7 Å². The van der Waals surface area contributed by atoms with Crippen LogP contribution in [0.1, 0.15) is 6.42 Å². The van der Waals surface area contributed by atoms with Gasteiger partial charge in [-0.3, -0.25) is 14.9 Å². The quantitative estimate of drug-likeness (QED) is 0.679. The van der Waals surface area contributed by atoms with E-state index in [1.54, 1.807) is 6.07 Å². The molecule has 0 unspecified atom stereocenters. The summed E-state index contributed by atoms with van der Waals surface area (Å²) in [4.78, 5) is 28.0. The number of nitrogens with two attached hydrogens (primary N) is 1. The Morgan fingerprint density at radius 3 is 2.86 bits per heavy atom. The number of nitro benzene ring substituents is 1. The van der Waals surface area contributed by atoms with Crippen LogP contribution in [0, 0.1) is 16.0 Å². The van der Waals surface area contributed by atoms with Crippen molar-refractivity contribution in [3.63, 3.8) is 0 Å². The van der Waals surface area contributed by atoms with Crippen molar-refractivity contribution in [1.29, 1.82) is 0 Å². The van der Waals surface area contributed by atoms with Gasteiger partial charge in [0.15, 0.2) is 0 Å². The molecule has 1 aromatic heterocycles. The average molecular weight is 286 g/mol. The lowest BCUT2D eigenvalue weighted by atomic mass is 10.1. The number of fused-ring (bicyclic) bond motifs is 1. The van der Waals surface area contributed by atoms with Crippen LogP contribution in [-0.4, -0.2) is 28.9 Å². The lowest BCUT2D eigenvalue weighted by Gasteiger charge is -2.17. The zero-order chi connectivity index (χ0) is 15.0. The van der Waals surface area contributed by atoms with Gasteiger partial charge in [-0.2, -0.15) is 0 Å². The first-order valence-electron chi connectivity index (χ1n) is 6.64. The molecule has 0 spiro atoms. The van der Waals surface area contributed by atoms with E-state index in [2.05, 4.69) is 4.98 Å². The van der Waals surface area contributed by atoms with E-state index < -0.39 is 4.92 Å². The summed E-state index contributed by atoms with van der Waals surface area (Å²) >= 11 is 0. The summed E-state index contributed by atoms with van der Waals surface area (Å²) in [5, 5.41) is 11.5. The first kappa shape index (κ1) is 13.3. The van der Waals surface area contributed by atoms with E-state index in [9.17, 15) is 14.9 Å². The molecule has 1 aromatic carbocycles. The van der Waals surface area contributed by atoms with Gasteiger partial charge in [0.25, 0.3) is 5.69 Å². The SMILES string of the molecule is NC(=O)[C@H]1CCN(c2ccc3cc([N+](=O)[O-])ccc3n2)C1. The number of rotatable bonds is 3. The number of pyridine rings is 1. The molecular formula is C14H14N4O3. The minimum absolute atomic E-state index is 0.0482. The maximum Gasteiger partial charge on any atom is 0.270 e. The van der Waals surface area contributed by atoms with Gasteiger partial charge in [-0.1, -0.05) is 0 Å². The second-order valence-corrected chi connectivity index (χ2v) is 5.14. The van der Waals surface area contributed by atoms with E-state index in [0.29, 0.717) is 12.1 Å². The van der Waals surface area contributed by atoms with E-state index in [4.69, 9.17) is 5.73 Å². The number of hydrogen-bond acceptors (Lipinski definition) is 5. The van der Waals surface area contributed by atoms with Gasteiger partial charge in [-0.25, -0.2) is 4.98 Å². The lowest BCUT2D eigenvalue weighted by molar-refractivity contribution is -0.384. The molecule has 1 fully saturated rings. The Hall–Kier alpha value is -2.70. The fourth-order valence-corrected chi connectivity index (χ4v) is 2.59. The number of nitro groups is 1. The Bertz CT molecular complexity index is 731. The third kappa shape index (κ3) is 2.49. The predicted octanol–water partition coefficient (Wildman–Crippen LogP) is 1.45. The number of anilines is 1. The molecule has 108 valence electrons. The van der Waals surface area contributed by atoms with Crippen LogP contribution < -0.4 is 10.6 Å². The fourth-order valence-electron chi connectivity index (χ4n) is 2.59. The Morgan fingerprint density at radius 2 is 2.19 bits per heavy atom. The van der Waals surface area contributed by atoms with Gasteiger partial charge in [0.2, 0.25) is 5.91 Å². The second-order valence-electron chi connectivity index (χ2n) is 5.14. The van der Waals surface area contributed by atoms with Gasteiger partial charge in [0.05, 0.1) is 16.4 Å². The minimum atomic E-state index is -0.425. The van der Waals surface area contributed by atoms with E-state index >= 15 is 0 Å². The van der Waals surface area contributed by atoms with E-state index in [1.165, 1.54) is 12.1 Å². The smallest absolute Gasteiger partial charge is 0.270 e. The maximum absolute atomic E-state index is 11.2. The number of primary amides is 1. The molecule has 3 rings (SSSR count). The minimum Gasteiger partial charge on any atom is -0.369 e. The molecule has 1 aliphatic rings. The van der Waals surface area contributed by atoms with Crippen LogP contribution in [0.4, 0.5) is 11.5 Å². The molecule has 7 heteroatoms. The number of aromatic nitrogens is 1. The van der Waals surface area contributed by atoms with Crippen LogP contribution in [0.2, 0.25) is 0 Å². The van der Waals surface area contributed by atoms with Crippen molar-refractivity contribution in [1.82, 2.24) is 4.98 Å². The molecule has 1 amide bonds. The molecule has 21 heavy (non-hydrogen) atoms. The second kappa shape index (κ2) is 5.01. The first-order chi connectivity index (χ1) is 10.0. The Morgan fingerprint density at radius 1 is 1.38 bits per heavy atom. The number of carbonyl (C=O) groups excluding carboxylic acids is 1. The van der Waals surface area contributed by atoms with E-state index in [1.807, 2.05) is 17.0 Å². The molecule has 0 bridgehead atoms. The van der Waals surface area contributed by atoms with Gasteiger partial charge >= 0.3 is 0 Å². The number of hydrogen-bond donors (Lipinski definition) is 1. The summed E-state index contributed by atoms with van der Waals surface area (Å²) in [6.07, 6.45) is 0.731. The van der Waals surface area contributed by atoms with Crippen molar-refractivity contribution >= 4 is 28.3 Å². The van der Waals surface area contributed by atoms with Gasteiger partial charge in [0, 0.05) is 30.6 Å². The van der Waals surface area contributed by atoms with Crippen molar-refractivity contribution in [3.05, 3.63) is 40.4 Å². The zero-order valence-corrected chi connectivity index (χ0v) is 11.2. The van der Waals surface area contributed by atoms with E-state index in [0.717, 1.165) is 24.2 Å². The van der Waals surface area contributed by atoms with E-state index in [-0.39, 0.29) is 17.5 Å². The normalized spacial score (nSPS) is 18.1. The molecule has 1 atom stereocenters. The number of amides is 1. The summed E-state index contributed by atoms with van der Waals surface area (Å²) in [7, 11) is 0. The Kier molecular flexibility index (Phi) is 3.17. The van der Waals surface area contributed by atoms with Crippen LogP contribution >= 0.6 is 0 Å². The van der Waals surface area contributed by atoms with Crippen molar-refractivity contribution in [2.75, 3.05) is 18.0 Å². The van der Waals surface area contributed by atoms with Crippen LogP contribution in [0.15, 0.2) is 30.3 Å². The molecule has 1 aliphatic heterocycles. The van der Waals surface area contributed by atoms with Crippen molar-refractivity contribution in [3.8, 4) is 0 Å². The summed E-state index contributed by atoms with van der Waals surface area (Å²) in [5.74, 6) is 0.341. The monoisotopic (exact) mass is 286 g/mol. The van der Waals surface area contributed by atoms with Gasteiger partial charge < -0.3 is 10.6 Å². The molecule has 1 saturated heterocycles. The average Bonchev–Trinajstić information content (AvgIpc) is 2.96. The third-order valence-corrected chi connectivity index (χ3v) is 3.78. The zero-order valence-electron chi connectivity index (χ0n) is 11.2. The largest absolute Gasteiger partial charge is 0.369 e. The fraction of sp³-hybridized carbons (Fsp3) is 0.286. The van der Waals surface area contributed by atoms with Crippen LogP contribution in [0.3, 0.4) is 0 Å². The highest BCUT2D eigenvalue weighted by molar-refractivity contribution is 5.83. The number of benzene rings is 1. The maximum atomic E-state index is 11.2. The lowest BCUT2D eigenvalue weighted by Crippen LogP contribution is -2.27. The van der Waals surface area contributed by atoms with Gasteiger partial charge in [-0.15, -0.1) is 0 Å². The molecule has 2 aromatic rings. The summed E-state index contributed by atoms with van der Waals surface area (Å²) in [5.41, 5.74) is 6.07. The topological polar surface area (TPSA) is 102 Å². The molecule has 2 N–H and O–H groups in total. The van der Waals surface area contributed by atoms with Gasteiger partial charge in [-0.05, 0) is 24.6 Å². The molecule has 7 nitrogen and oxygen atoms in total. The molecule has 0 saturated carbocycles. The van der Waals surface area contributed by atoms with Crippen LogP contribution in [0.5, 0.6) is 0 Å². The number of nitrogens with zero attached hydrogens (tertiary/aromatic N) is 3. The van der Waals surface area contributed by atoms with Crippen LogP contribution in [-0.2, 0) is 4.79 Å². The number of carbonyl (C=O) groups is 1. The highest BCUT2D eigenvalue weighted by atomic mass is 16.6. The molecular weight excluding hydrogens is 272 g/mol. The van der Waals surface area contributed by atoms with Crippen LogP contribution in [0.25, 0.3) is 10.9 Å². The Labute approximate surface area is 120 Å². The standard InChI is InChI=1S/C14H14N4O3/c15-14(19)10-5-6-17(8-10)13-4-1-9-7-11(18(20)21)2-3-12(9)16-13/h1-4,7,10H,5-6,8H2,(H2,15,19)/t10-/m0/s1. The molecule has 0 aliphatic carbocycles. The summed E-state index contributed by atoms with van der Waals surface area (Å²) < 4.78 is 0. The van der Waals surface area contributed by atoms with Crippen molar-refractivity contribution < 1.29 is 9.72 Å². The van der Waals surface area contributed by atoms with Gasteiger partial charge in [0.1, 0.15) is 5.82 Å². The van der Waals surface area contributed by atoms with Crippen molar-refractivity contribution in [2.45, 2.75) is 6.42 Å². The first-order valence-corrected chi connectivity index (χ1v) is 6.64.